The van der Waals surface area contributed by atoms with Crippen molar-refractivity contribution >= 4 is 21.6 Å². The summed E-state index contributed by atoms with van der Waals surface area (Å²) in [5.74, 6) is 3.00. The summed E-state index contributed by atoms with van der Waals surface area (Å²) in [6, 6.07) is 0. The average molecular weight is 274 g/mol. The molecule has 1 atom stereocenters. The Kier molecular flexibility index (Phi) is 2.83. The summed E-state index contributed by atoms with van der Waals surface area (Å²) in [7, 11) is 0. The number of H-pyrrole nitrogens is 1. The van der Waals surface area contributed by atoms with Crippen molar-refractivity contribution in [3.8, 4) is 12.3 Å². The summed E-state index contributed by atoms with van der Waals surface area (Å²) in [6.07, 6.45) is 8.21. The van der Waals surface area contributed by atoms with Crippen LogP contribution in [-0.2, 0) is 19.4 Å². The van der Waals surface area contributed by atoms with Crippen LogP contribution in [0, 0.1) is 18.3 Å². The molecule has 0 bridgehead atoms. The van der Waals surface area contributed by atoms with Crippen molar-refractivity contribution in [2.45, 2.75) is 32.7 Å². The summed E-state index contributed by atoms with van der Waals surface area (Å²) in [5, 5.41) is 0.668. The number of rotatable bonds is 1. The van der Waals surface area contributed by atoms with Gasteiger partial charge in [-0.25, -0.2) is 9.36 Å². The van der Waals surface area contributed by atoms with Crippen LogP contribution in [0.1, 0.15) is 23.8 Å². The van der Waals surface area contributed by atoms with E-state index >= 15 is 0 Å². The lowest BCUT2D eigenvalue weighted by molar-refractivity contribution is 0.509. The van der Waals surface area contributed by atoms with Crippen LogP contribution in [-0.4, -0.2) is 9.55 Å². The molecule has 0 spiro atoms. The van der Waals surface area contributed by atoms with Crippen LogP contribution in [0.3, 0.4) is 0 Å². The van der Waals surface area contributed by atoms with E-state index in [2.05, 4.69) is 17.8 Å². The van der Waals surface area contributed by atoms with Gasteiger partial charge in [-0.1, -0.05) is 12.8 Å². The number of nitrogens with zero attached hydrogens (tertiary/aromatic N) is 1. The molecule has 1 aliphatic carbocycles. The maximum absolute atomic E-state index is 12.4. The van der Waals surface area contributed by atoms with E-state index in [0.29, 0.717) is 16.1 Å². The second-order valence-electron chi connectivity index (χ2n) is 5.08. The number of hydrogen-bond acceptors (Lipinski definition) is 3. The fourth-order valence-corrected chi connectivity index (χ4v) is 4.08. The minimum Gasteiger partial charge on any atom is -0.298 e. The Balaban J connectivity index is 2.34. The van der Waals surface area contributed by atoms with Crippen molar-refractivity contribution in [3.05, 3.63) is 31.3 Å². The first kappa shape index (κ1) is 12.2. The summed E-state index contributed by atoms with van der Waals surface area (Å²) in [4.78, 5) is 29.0. The van der Waals surface area contributed by atoms with Gasteiger partial charge >= 0.3 is 5.69 Å². The quantitative estimate of drug-likeness (QED) is 0.801. The van der Waals surface area contributed by atoms with Crippen LogP contribution in [0.15, 0.2) is 9.59 Å². The maximum atomic E-state index is 12.4. The van der Waals surface area contributed by atoms with Crippen molar-refractivity contribution in [3.63, 3.8) is 0 Å². The molecule has 1 unspecified atom stereocenters. The Morgan fingerprint density at radius 2 is 2.32 bits per heavy atom. The number of aryl methyl sites for hydroxylation is 1. The monoisotopic (exact) mass is 274 g/mol. The minimum absolute atomic E-state index is 0.0190. The van der Waals surface area contributed by atoms with Gasteiger partial charge in [0.1, 0.15) is 4.83 Å². The zero-order valence-electron chi connectivity index (χ0n) is 10.7. The second kappa shape index (κ2) is 4.39. The van der Waals surface area contributed by atoms with Crippen molar-refractivity contribution in [1.29, 1.82) is 0 Å². The average Bonchev–Trinajstić information content (AvgIpc) is 2.71. The Morgan fingerprint density at radius 3 is 3.05 bits per heavy atom. The fourth-order valence-electron chi connectivity index (χ4n) is 2.69. The van der Waals surface area contributed by atoms with E-state index in [1.165, 1.54) is 16.2 Å². The number of fused-ring (bicyclic) bond motifs is 3. The highest BCUT2D eigenvalue weighted by molar-refractivity contribution is 7.18. The van der Waals surface area contributed by atoms with Crippen LogP contribution in [0.25, 0.3) is 10.2 Å². The van der Waals surface area contributed by atoms with E-state index in [0.717, 1.165) is 29.4 Å². The molecule has 98 valence electrons. The molecule has 0 aromatic carbocycles. The highest BCUT2D eigenvalue weighted by atomic mass is 32.1. The SMILES string of the molecule is C#CCn1c(=O)[nH]c2sc3c(c2c1=O)CCC(C)C3. The number of hydrogen-bond donors (Lipinski definition) is 1. The Morgan fingerprint density at radius 1 is 1.53 bits per heavy atom. The van der Waals surface area contributed by atoms with E-state index in [1.807, 2.05) is 0 Å². The Bertz CT molecular complexity index is 804. The first-order valence-electron chi connectivity index (χ1n) is 6.32. The lowest BCUT2D eigenvalue weighted by Gasteiger charge is -2.17. The van der Waals surface area contributed by atoms with Gasteiger partial charge in [0.05, 0.1) is 11.9 Å². The molecule has 2 aromatic rings. The van der Waals surface area contributed by atoms with Crippen molar-refractivity contribution < 1.29 is 0 Å². The number of terminal acetylenes is 1. The van der Waals surface area contributed by atoms with Gasteiger partial charge < -0.3 is 0 Å². The number of thiophene rings is 1. The molecule has 1 N–H and O–H groups in total. The molecular formula is C14H14N2O2S. The van der Waals surface area contributed by atoms with Gasteiger partial charge in [-0.2, -0.15) is 0 Å². The molecule has 0 aliphatic heterocycles. The molecule has 0 amide bonds. The normalized spacial score (nSPS) is 18.2. The lowest BCUT2D eigenvalue weighted by atomic mass is 9.89. The standard InChI is InChI=1S/C14H14N2O2S/c1-3-6-16-13(17)11-9-5-4-8(2)7-10(9)19-12(11)15-14(16)18/h1,8H,4-7H2,2H3,(H,15,18). The Hall–Kier alpha value is -1.80. The molecule has 0 saturated heterocycles. The first-order valence-corrected chi connectivity index (χ1v) is 7.14. The third kappa shape index (κ3) is 1.83. The number of aromatic nitrogens is 2. The predicted octanol–water partition coefficient (Wildman–Crippen LogP) is 1.51. The van der Waals surface area contributed by atoms with Gasteiger partial charge in [-0.05, 0) is 30.7 Å². The van der Waals surface area contributed by atoms with Crippen molar-refractivity contribution in [1.82, 2.24) is 9.55 Å². The topological polar surface area (TPSA) is 54.9 Å². The summed E-state index contributed by atoms with van der Waals surface area (Å²) in [5.41, 5.74) is 0.455. The van der Waals surface area contributed by atoms with Gasteiger partial charge in [-0.3, -0.25) is 9.78 Å². The van der Waals surface area contributed by atoms with Crippen molar-refractivity contribution in [2.24, 2.45) is 5.92 Å². The molecule has 2 aromatic heterocycles. The molecule has 1 aliphatic rings. The molecule has 3 rings (SSSR count). The molecule has 0 saturated carbocycles. The van der Waals surface area contributed by atoms with E-state index in [9.17, 15) is 9.59 Å². The maximum Gasteiger partial charge on any atom is 0.330 e. The molecule has 4 nitrogen and oxygen atoms in total. The zero-order chi connectivity index (χ0) is 13.6. The number of nitrogens with one attached hydrogen (secondary N) is 1. The predicted molar refractivity (Wildman–Crippen MR) is 76.7 cm³/mol. The zero-order valence-corrected chi connectivity index (χ0v) is 11.5. The van der Waals surface area contributed by atoms with Gasteiger partial charge in [-0.15, -0.1) is 17.8 Å². The molecule has 0 fully saturated rings. The van der Waals surface area contributed by atoms with E-state index in [4.69, 9.17) is 6.42 Å². The third-order valence-corrected chi connectivity index (χ3v) is 4.86. The first-order chi connectivity index (χ1) is 9.11. The Labute approximate surface area is 114 Å². The lowest BCUT2D eigenvalue weighted by Crippen LogP contribution is -2.34. The van der Waals surface area contributed by atoms with E-state index in [-0.39, 0.29) is 12.1 Å². The van der Waals surface area contributed by atoms with Crippen LogP contribution >= 0.6 is 11.3 Å². The van der Waals surface area contributed by atoms with Gasteiger partial charge in [0.2, 0.25) is 0 Å². The molecule has 0 radical (unpaired) electrons. The summed E-state index contributed by atoms with van der Waals surface area (Å²) in [6.45, 7) is 2.23. The fraction of sp³-hybridized carbons (Fsp3) is 0.429. The highest BCUT2D eigenvalue weighted by Gasteiger charge is 2.23. The van der Waals surface area contributed by atoms with Crippen LogP contribution in [0.2, 0.25) is 0 Å². The van der Waals surface area contributed by atoms with Crippen molar-refractivity contribution in [2.75, 3.05) is 0 Å². The van der Waals surface area contributed by atoms with Crippen LogP contribution in [0.5, 0.6) is 0 Å². The van der Waals surface area contributed by atoms with Crippen LogP contribution in [0.4, 0.5) is 0 Å². The molecule has 5 heteroatoms. The smallest absolute Gasteiger partial charge is 0.298 e. The molecular weight excluding hydrogens is 260 g/mol. The molecule has 2 heterocycles. The summed E-state index contributed by atoms with van der Waals surface area (Å²) >= 11 is 1.54. The number of aromatic amines is 1. The summed E-state index contributed by atoms with van der Waals surface area (Å²) < 4.78 is 1.10. The van der Waals surface area contributed by atoms with Crippen LogP contribution < -0.4 is 11.2 Å². The second-order valence-corrected chi connectivity index (χ2v) is 6.19. The molecule has 19 heavy (non-hydrogen) atoms. The highest BCUT2D eigenvalue weighted by Crippen LogP contribution is 2.35. The van der Waals surface area contributed by atoms with Gasteiger partial charge in [0.15, 0.2) is 0 Å². The third-order valence-electron chi connectivity index (χ3n) is 3.69. The van der Waals surface area contributed by atoms with E-state index in [1.54, 1.807) is 0 Å². The minimum atomic E-state index is -0.415. The van der Waals surface area contributed by atoms with Gasteiger partial charge in [0, 0.05) is 4.88 Å². The van der Waals surface area contributed by atoms with E-state index < -0.39 is 5.69 Å². The van der Waals surface area contributed by atoms with Gasteiger partial charge in [0.25, 0.3) is 5.56 Å². The largest absolute Gasteiger partial charge is 0.330 e.